The largest absolute Gasteiger partial charge is 0.309 e. The van der Waals surface area contributed by atoms with Crippen LogP contribution in [0.5, 0.6) is 0 Å². The maximum absolute atomic E-state index is 4.67. The summed E-state index contributed by atoms with van der Waals surface area (Å²) >= 11 is 10.6. The molecule has 0 bridgehead atoms. The standard InChI is InChI=1S/C13H13Br2N3S2/c1-2-16-10(11-6-9(14)12(15)20-11)5-8-7-18-3-4-19-13(18)17-8/h3-4,6-7,10,16H,2,5H2,1H3. The van der Waals surface area contributed by atoms with Gasteiger partial charge in [-0.2, -0.15) is 0 Å². The van der Waals surface area contributed by atoms with Crippen LogP contribution in [0, 0.1) is 0 Å². The zero-order chi connectivity index (χ0) is 14.1. The first kappa shape index (κ1) is 14.7. The highest BCUT2D eigenvalue weighted by Crippen LogP contribution is 2.36. The molecule has 1 unspecified atom stereocenters. The van der Waals surface area contributed by atoms with Gasteiger partial charge in [0.15, 0.2) is 4.96 Å². The molecule has 0 saturated heterocycles. The highest BCUT2D eigenvalue weighted by atomic mass is 79.9. The summed E-state index contributed by atoms with van der Waals surface area (Å²) in [5, 5.41) is 5.60. The Kier molecular flexibility index (Phi) is 4.62. The molecule has 3 heterocycles. The number of halogens is 2. The van der Waals surface area contributed by atoms with Gasteiger partial charge in [-0.15, -0.1) is 22.7 Å². The lowest BCUT2D eigenvalue weighted by Crippen LogP contribution is -2.22. The van der Waals surface area contributed by atoms with Crippen molar-refractivity contribution in [3.05, 3.63) is 42.7 Å². The Balaban J connectivity index is 1.85. The highest BCUT2D eigenvalue weighted by molar-refractivity contribution is 9.13. The molecular weight excluding hydrogens is 422 g/mol. The Morgan fingerprint density at radius 2 is 2.30 bits per heavy atom. The summed E-state index contributed by atoms with van der Waals surface area (Å²) in [4.78, 5) is 7.05. The number of rotatable bonds is 5. The van der Waals surface area contributed by atoms with E-state index >= 15 is 0 Å². The van der Waals surface area contributed by atoms with Crippen LogP contribution in [0.3, 0.4) is 0 Å². The molecule has 0 aromatic carbocycles. The number of likely N-dealkylation sites (N-methyl/N-ethyl adjacent to an activating group) is 1. The Morgan fingerprint density at radius 1 is 1.45 bits per heavy atom. The van der Waals surface area contributed by atoms with Crippen LogP contribution < -0.4 is 5.32 Å². The number of hydrogen-bond donors (Lipinski definition) is 1. The third kappa shape index (κ3) is 3.01. The average molecular weight is 435 g/mol. The molecule has 20 heavy (non-hydrogen) atoms. The summed E-state index contributed by atoms with van der Waals surface area (Å²) < 4.78 is 4.34. The number of hydrogen-bond acceptors (Lipinski definition) is 4. The summed E-state index contributed by atoms with van der Waals surface area (Å²) in [6.45, 7) is 3.08. The third-order valence-electron chi connectivity index (χ3n) is 3.01. The average Bonchev–Trinajstić information content (AvgIpc) is 3.05. The van der Waals surface area contributed by atoms with Gasteiger partial charge >= 0.3 is 0 Å². The van der Waals surface area contributed by atoms with Crippen molar-refractivity contribution in [2.45, 2.75) is 19.4 Å². The van der Waals surface area contributed by atoms with Crippen LogP contribution in [-0.2, 0) is 6.42 Å². The minimum Gasteiger partial charge on any atom is -0.309 e. The second-order valence-corrected chi connectivity index (χ2v) is 8.54. The number of nitrogens with zero attached hydrogens (tertiary/aromatic N) is 2. The molecular formula is C13H13Br2N3S2. The molecule has 0 aliphatic carbocycles. The molecule has 7 heteroatoms. The molecule has 0 spiro atoms. The zero-order valence-corrected chi connectivity index (χ0v) is 15.6. The van der Waals surface area contributed by atoms with Crippen LogP contribution in [0.2, 0.25) is 0 Å². The van der Waals surface area contributed by atoms with Gasteiger partial charge < -0.3 is 5.32 Å². The summed E-state index contributed by atoms with van der Waals surface area (Å²) in [7, 11) is 0. The molecule has 0 saturated carbocycles. The molecule has 1 N–H and O–H groups in total. The van der Waals surface area contributed by atoms with E-state index < -0.39 is 0 Å². The maximum Gasteiger partial charge on any atom is 0.193 e. The fourth-order valence-electron chi connectivity index (χ4n) is 2.14. The SMILES string of the molecule is CCNC(Cc1cn2ccsc2n1)c1cc(Br)c(Br)s1. The van der Waals surface area contributed by atoms with Crippen LogP contribution in [0.15, 0.2) is 32.1 Å². The van der Waals surface area contributed by atoms with Crippen molar-refractivity contribution in [3.63, 3.8) is 0 Å². The lowest BCUT2D eigenvalue weighted by molar-refractivity contribution is 0.553. The molecule has 0 aliphatic rings. The Labute approximate surface area is 142 Å². The number of thiazole rings is 1. The van der Waals surface area contributed by atoms with Crippen LogP contribution in [-0.4, -0.2) is 15.9 Å². The first-order valence-electron chi connectivity index (χ1n) is 6.26. The van der Waals surface area contributed by atoms with Gasteiger partial charge in [0.05, 0.1) is 9.48 Å². The van der Waals surface area contributed by atoms with Crippen molar-refractivity contribution in [1.82, 2.24) is 14.7 Å². The van der Waals surface area contributed by atoms with Gasteiger partial charge in [0.25, 0.3) is 0 Å². The quantitative estimate of drug-likeness (QED) is 0.620. The zero-order valence-electron chi connectivity index (χ0n) is 10.8. The van der Waals surface area contributed by atoms with E-state index in [1.807, 2.05) is 0 Å². The van der Waals surface area contributed by atoms with Crippen molar-refractivity contribution >= 4 is 59.5 Å². The number of fused-ring (bicyclic) bond motifs is 1. The molecule has 106 valence electrons. The number of nitrogens with one attached hydrogen (secondary N) is 1. The summed E-state index contributed by atoms with van der Waals surface area (Å²) in [5.41, 5.74) is 1.13. The van der Waals surface area contributed by atoms with E-state index in [1.54, 1.807) is 22.7 Å². The van der Waals surface area contributed by atoms with Crippen LogP contribution in [0.25, 0.3) is 4.96 Å². The molecule has 3 rings (SSSR count). The number of aromatic nitrogens is 2. The van der Waals surface area contributed by atoms with Crippen molar-refractivity contribution in [2.75, 3.05) is 6.54 Å². The summed E-state index contributed by atoms with van der Waals surface area (Å²) in [5.74, 6) is 0. The van der Waals surface area contributed by atoms with Gasteiger partial charge in [-0.3, -0.25) is 4.40 Å². The van der Waals surface area contributed by atoms with Crippen molar-refractivity contribution in [1.29, 1.82) is 0 Å². The fourth-order valence-corrected chi connectivity index (χ4v) is 5.02. The van der Waals surface area contributed by atoms with Gasteiger partial charge in [0.1, 0.15) is 0 Å². The molecule has 3 nitrogen and oxygen atoms in total. The Bertz CT molecular complexity index is 668. The molecule has 3 aromatic rings. The van der Waals surface area contributed by atoms with E-state index in [9.17, 15) is 0 Å². The first-order valence-corrected chi connectivity index (χ1v) is 9.54. The van der Waals surface area contributed by atoms with Gasteiger partial charge in [0, 0.05) is 39.6 Å². The Morgan fingerprint density at radius 3 is 2.95 bits per heavy atom. The monoisotopic (exact) mass is 433 g/mol. The van der Waals surface area contributed by atoms with E-state index in [-0.39, 0.29) is 0 Å². The second-order valence-electron chi connectivity index (χ2n) is 4.41. The van der Waals surface area contributed by atoms with Gasteiger partial charge in [-0.25, -0.2) is 4.98 Å². The highest BCUT2D eigenvalue weighted by Gasteiger charge is 2.17. The minimum absolute atomic E-state index is 0.303. The smallest absolute Gasteiger partial charge is 0.193 e. The van der Waals surface area contributed by atoms with Gasteiger partial charge in [-0.05, 0) is 44.5 Å². The van der Waals surface area contributed by atoms with Crippen LogP contribution in [0.1, 0.15) is 23.5 Å². The van der Waals surface area contributed by atoms with Crippen LogP contribution in [0.4, 0.5) is 0 Å². The van der Waals surface area contributed by atoms with E-state index in [0.29, 0.717) is 6.04 Å². The van der Waals surface area contributed by atoms with Gasteiger partial charge in [-0.1, -0.05) is 6.92 Å². The number of imidazole rings is 1. The van der Waals surface area contributed by atoms with E-state index in [1.165, 1.54) is 4.88 Å². The third-order valence-corrected chi connectivity index (χ3v) is 7.16. The molecule has 0 radical (unpaired) electrons. The predicted molar refractivity (Wildman–Crippen MR) is 92.9 cm³/mol. The predicted octanol–water partition coefficient (Wildman–Crippen LogP) is 4.88. The second kappa shape index (κ2) is 6.27. The molecule has 3 aromatic heterocycles. The Hall–Kier alpha value is -0.210. The summed E-state index contributed by atoms with van der Waals surface area (Å²) in [6, 6.07) is 2.48. The van der Waals surface area contributed by atoms with E-state index in [4.69, 9.17) is 0 Å². The molecule has 1 atom stereocenters. The normalized spacial score (nSPS) is 13.2. The summed E-state index contributed by atoms with van der Waals surface area (Å²) in [6.07, 6.45) is 5.08. The topological polar surface area (TPSA) is 29.3 Å². The molecule has 0 fully saturated rings. The minimum atomic E-state index is 0.303. The van der Waals surface area contributed by atoms with Crippen molar-refractivity contribution in [2.24, 2.45) is 0 Å². The number of thiophene rings is 1. The fraction of sp³-hybridized carbons (Fsp3) is 0.308. The lowest BCUT2D eigenvalue weighted by Gasteiger charge is -2.14. The first-order chi connectivity index (χ1) is 9.67. The van der Waals surface area contributed by atoms with E-state index in [2.05, 4.69) is 77.3 Å². The van der Waals surface area contributed by atoms with Crippen molar-refractivity contribution in [3.8, 4) is 0 Å². The lowest BCUT2D eigenvalue weighted by atomic mass is 10.1. The maximum atomic E-state index is 4.67. The van der Waals surface area contributed by atoms with Crippen LogP contribution >= 0.6 is 54.5 Å². The van der Waals surface area contributed by atoms with Crippen molar-refractivity contribution < 1.29 is 0 Å². The molecule has 0 aliphatic heterocycles. The molecule has 0 amide bonds. The van der Waals surface area contributed by atoms with Gasteiger partial charge in [0.2, 0.25) is 0 Å². The van der Waals surface area contributed by atoms with E-state index in [0.717, 1.165) is 31.9 Å².